The number of aromatic nitrogens is 4. The molecular weight excluding hydrogens is 294 g/mol. The molecule has 0 saturated heterocycles. The van der Waals surface area contributed by atoms with Gasteiger partial charge in [0.05, 0.1) is 19.9 Å². The van der Waals surface area contributed by atoms with Gasteiger partial charge in [0, 0.05) is 24.0 Å². The molecule has 0 aliphatic heterocycles. The van der Waals surface area contributed by atoms with Gasteiger partial charge in [-0.1, -0.05) is 5.21 Å². The van der Waals surface area contributed by atoms with Gasteiger partial charge in [-0.15, -0.1) is 5.10 Å². The summed E-state index contributed by atoms with van der Waals surface area (Å²) >= 11 is 0. The summed E-state index contributed by atoms with van der Waals surface area (Å²) < 4.78 is 12.1. The summed E-state index contributed by atoms with van der Waals surface area (Å²) in [5, 5.41) is 17.3. The highest BCUT2D eigenvalue weighted by atomic mass is 16.5. The molecule has 0 aliphatic rings. The van der Waals surface area contributed by atoms with Gasteiger partial charge in [0.2, 0.25) is 0 Å². The van der Waals surface area contributed by atoms with Crippen LogP contribution in [-0.2, 0) is 0 Å². The quantitative estimate of drug-likeness (QED) is 0.734. The molecule has 2 heterocycles. The van der Waals surface area contributed by atoms with E-state index in [0.717, 1.165) is 5.56 Å². The summed E-state index contributed by atoms with van der Waals surface area (Å²) in [7, 11) is 3.13. The Morgan fingerprint density at radius 3 is 2.61 bits per heavy atom. The smallest absolute Gasteiger partial charge is 0.191 e. The molecule has 3 aromatic rings. The van der Waals surface area contributed by atoms with Gasteiger partial charge in [-0.3, -0.25) is 4.98 Å². The van der Waals surface area contributed by atoms with E-state index in [0.29, 0.717) is 22.9 Å². The zero-order chi connectivity index (χ0) is 16.2. The van der Waals surface area contributed by atoms with Crippen LogP contribution < -0.4 is 9.47 Å². The molecule has 7 heteroatoms. The summed E-state index contributed by atoms with van der Waals surface area (Å²) in [5.74, 6) is 1.18. The lowest BCUT2D eigenvalue weighted by Gasteiger charge is -2.11. The van der Waals surface area contributed by atoms with E-state index < -0.39 is 0 Å². The lowest BCUT2D eigenvalue weighted by Crippen LogP contribution is -2.01. The third-order valence-electron chi connectivity index (χ3n) is 3.32. The third kappa shape index (κ3) is 2.58. The fourth-order valence-corrected chi connectivity index (χ4v) is 2.26. The van der Waals surface area contributed by atoms with E-state index in [-0.39, 0.29) is 5.69 Å². The lowest BCUT2D eigenvalue weighted by molar-refractivity contribution is 0.354. The Morgan fingerprint density at radius 1 is 1.13 bits per heavy atom. The van der Waals surface area contributed by atoms with E-state index in [1.807, 2.05) is 12.1 Å². The van der Waals surface area contributed by atoms with Gasteiger partial charge in [0.25, 0.3) is 0 Å². The Morgan fingerprint density at radius 2 is 1.96 bits per heavy atom. The van der Waals surface area contributed by atoms with Crippen molar-refractivity contribution in [1.82, 2.24) is 20.0 Å². The van der Waals surface area contributed by atoms with Crippen LogP contribution in [0.2, 0.25) is 0 Å². The van der Waals surface area contributed by atoms with Gasteiger partial charge in [0.1, 0.15) is 11.8 Å². The average Bonchev–Trinajstić information content (AvgIpc) is 3.05. The minimum atomic E-state index is 0.229. The zero-order valence-corrected chi connectivity index (χ0v) is 12.6. The predicted octanol–water partition coefficient (Wildman–Crippen LogP) is 2.22. The van der Waals surface area contributed by atoms with E-state index in [1.54, 1.807) is 49.5 Å². The third-order valence-corrected chi connectivity index (χ3v) is 3.32. The van der Waals surface area contributed by atoms with Gasteiger partial charge in [-0.05, 0) is 24.3 Å². The second-order valence-electron chi connectivity index (χ2n) is 4.59. The molecule has 0 amide bonds. The number of rotatable bonds is 4. The van der Waals surface area contributed by atoms with E-state index in [9.17, 15) is 5.26 Å². The van der Waals surface area contributed by atoms with Crippen molar-refractivity contribution in [1.29, 1.82) is 5.26 Å². The Kier molecular flexibility index (Phi) is 3.89. The average molecular weight is 307 g/mol. The van der Waals surface area contributed by atoms with Gasteiger partial charge in [-0.25, -0.2) is 4.68 Å². The standard InChI is InChI=1S/C16H13N5O2/c1-22-14-6-5-12(8-15(14)23-2)21-16(13(9-17)19-20-21)11-4-3-7-18-10-11/h3-8,10H,1-2H3. The number of hydrogen-bond acceptors (Lipinski definition) is 6. The molecule has 0 unspecified atom stereocenters. The van der Waals surface area contributed by atoms with Crippen LogP contribution in [0.3, 0.4) is 0 Å². The Labute approximate surface area is 132 Å². The molecule has 114 valence electrons. The van der Waals surface area contributed by atoms with Crippen molar-refractivity contribution in [2.24, 2.45) is 0 Å². The van der Waals surface area contributed by atoms with Crippen molar-refractivity contribution in [3.63, 3.8) is 0 Å². The number of pyridine rings is 1. The molecule has 0 fully saturated rings. The number of nitriles is 1. The van der Waals surface area contributed by atoms with E-state index in [2.05, 4.69) is 21.4 Å². The van der Waals surface area contributed by atoms with E-state index in [1.165, 1.54) is 0 Å². The molecule has 2 aromatic heterocycles. The molecule has 0 bridgehead atoms. The summed E-state index contributed by atoms with van der Waals surface area (Å²) in [5.41, 5.74) is 2.26. The van der Waals surface area contributed by atoms with Crippen molar-refractivity contribution in [2.75, 3.05) is 14.2 Å². The number of methoxy groups -OCH3 is 2. The normalized spacial score (nSPS) is 10.1. The van der Waals surface area contributed by atoms with Crippen LogP contribution in [0.1, 0.15) is 5.69 Å². The van der Waals surface area contributed by atoms with Crippen molar-refractivity contribution in [3.8, 4) is 34.5 Å². The summed E-state index contributed by atoms with van der Waals surface area (Å²) in [6.45, 7) is 0. The number of benzene rings is 1. The first-order valence-electron chi connectivity index (χ1n) is 6.77. The first-order chi connectivity index (χ1) is 11.3. The summed E-state index contributed by atoms with van der Waals surface area (Å²) in [6, 6.07) is 11.1. The first-order valence-corrected chi connectivity index (χ1v) is 6.77. The Bertz CT molecular complexity index is 868. The molecule has 0 spiro atoms. The number of ether oxygens (including phenoxy) is 2. The first kappa shape index (κ1) is 14.5. The largest absolute Gasteiger partial charge is 0.493 e. The minimum absolute atomic E-state index is 0.229. The Hall–Kier alpha value is -3.40. The molecule has 0 radical (unpaired) electrons. The molecule has 0 N–H and O–H groups in total. The second-order valence-corrected chi connectivity index (χ2v) is 4.59. The molecule has 0 atom stereocenters. The van der Waals surface area contributed by atoms with Gasteiger partial charge in [0.15, 0.2) is 17.2 Å². The van der Waals surface area contributed by atoms with Crippen LogP contribution in [0.15, 0.2) is 42.7 Å². The SMILES string of the molecule is COc1ccc(-n2nnc(C#N)c2-c2cccnc2)cc1OC. The molecule has 1 aromatic carbocycles. The van der Waals surface area contributed by atoms with Crippen LogP contribution in [-0.4, -0.2) is 34.2 Å². The van der Waals surface area contributed by atoms with Crippen molar-refractivity contribution < 1.29 is 9.47 Å². The second kappa shape index (κ2) is 6.15. The summed E-state index contributed by atoms with van der Waals surface area (Å²) in [6.07, 6.45) is 3.33. The summed E-state index contributed by atoms with van der Waals surface area (Å²) in [4.78, 5) is 4.09. The fraction of sp³-hybridized carbons (Fsp3) is 0.125. The van der Waals surface area contributed by atoms with E-state index >= 15 is 0 Å². The predicted molar refractivity (Wildman–Crippen MR) is 82.4 cm³/mol. The molecule has 7 nitrogen and oxygen atoms in total. The highest BCUT2D eigenvalue weighted by Gasteiger charge is 2.17. The highest BCUT2D eigenvalue weighted by Crippen LogP contribution is 2.31. The van der Waals surface area contributed by atoms with Crippen molar-refractivity contribution >= 4 is 0 Å². The fourth-order valence-electron chi connectivity index (χ4n) is 2.26. The molecule has 0 aliphatic carbocycles. The minimum Gasteiger partial charge on any atom is -0.493 e. The maximum absolute atomic E-state index is 9.29. The maximum atomic E-state index is 9.29. The van der Waals surface area contributed by atoms with Gasteiger partial charge >= 0.3 is 0 Å². The number of hydrogen-bond donors (Lipinski definition) is 0. The van der Waals surface area contributed by atoms with Crippen LogP contribution in [0.25, 0.3) is 16.9 Å². The van der Waals surface area contributed by atoms with Crippen molar-refractivity contribution in [2.45, 2.75) is 0 Å². The lowest BCUT2D eigenvalue weighted by atomic mass is 10.1. The zero-order valence-electron chi connectivity index (χ0n) is 12.6. The monoisotopic (exact) mass is 307 g/mol. The highest BCUT2D eigenvalue weighted by molar-refractivity contribution is 5.66. The van der Waals surface area contributed by atoms with Crippen molar-refractivity contribution in [3.05, 3.63) is 48.4 Å². The van der Waals surface area contributed by atoms with E-state index in [4.69, 9.17) is 9.47 Å². The molecule has 23 heavy (non-hydrogen) atoms. The molecule has 0 saturated carbocycles. The van der Waals surface area contributed by atoms with Gasteiger partial charge in [-0.2, -0.15) is 5.26 Å². The van der Waals surface area contributed by atoms with Crippen LogP contribution in [0.5, 0.6) is 11.5 Å². The van der Waals surface area contributed by atoms with Crippen LogP contribution >= 0.6 is 0 Å². The topological polar surface area (TPSA) is 85.9 Å². The molecular formula is C16H13N5O2. The number of nitrogens with zero attached hydrogens (tertiary/aromatic N) is 5. The van der Waals surface area contributed by atoms with Crippen LogP contribution in [0, 0.1) is 11.3 Å². The maximum Gasteiger partial charge on any atom is 0.191 e. The van der Waals surface area contributed by atoms with Crippen LogP contribution in [0.4, 0.5) is 0 Å². The van der Waals surface area contributed by atoms with Gasteiger partial charge < -0.3 is 9.47 Å². The Balaban J connectivity index is 2.19. The molecule has 3 rings (SSSR count).